The molecule has 1 aliphatic heterocycles. The SMILES string of the molecule is O=C(O)[C@@H]1CN(C(=O)c2csc3c2CCCC3)C[C@H]1C1CC1. The smallest absolute Gasteiger partial charge is 0.308 e. The normalized spacial score (nSPS) is 27.7. The number of carbonyl (C=O) groups excluding carboxylic acids is 1. The van der Waals surface area contributed by atoms with E-state index in [9.17, 15) is 14.7 Å². The highest BCUT2D eigenvalue weighted by Gasteiger charge is 2.47. The first-order chi connectivity index (χ1) is 10.6. The van der Waals surface area contributed by atoms with E-state index >= 15 is 0 Å². The summed E-state index contributed by atoms with van der Waals surface area (Å²) in [6.45, 7) is 1.02. The second kappa shape index (κ2) is 5.37. The van der Waals surface area contributed by atoms with E-state index in [1.165, 1.54) is 16.9 Å². The molecule has 2 atom stereocenters. The van der Waals surface area contributed by atoms with Crippen LogP contribution in [0, 0.1) is 17.8 Å². The van der Waals surface area contributed by atoms with Gasteiger partial charge in [-0.25, -0.2) is 0 Å². The summed E-state index contributed by atoms with van der Waals surface area (Å²) in [6.07, 6.45) is 6.73. The summed E-state index contributed by atoms with van der Waals surface area (Å²) in [6, 6.07) is 0. The average molecular weight is 319 g/mol. The number of rotatable bonds is 3. The zero-order valence-electron chi connectivity index (χ0n) is 12.6. The molecule has 4 rings (SSSR count). The monoisotopic (exact) mass is 319 g/mol. The van der Waals surface area contributed by atoms with Crippen LogP contribution in [0.3, 0.4) is 0 Å². The largest absolute Gasteiger partial charge is 0.481 e. The third-order valence-corrected chi connectivity index (χ3v) is 6.58. The van der Waals surface area contributed by atoms with Gasteiger partial charge >= 0.3 is 5.97 Å². The minimum atomic E-state index is -0.737. The van der Waals surface area contributed by atoms with Crippen molar-refractivity contribution in [2.45, 2.75) is 38.5 Å². The highest BCUT2D eigenvalue weighted by molar-refractivity contribution is 7.10. The molecule has 0 aromatic carbocycles. The first-order valence-corrected chi connectivity index (χ1v) is 9.14. The van der Waals surface area contributed by atoms with E-state index in [1.807, 2.05) is 5.38 Å². The third-order valence-electron chi connectivity index (χ3n) is 5.49. The summed E-state index contributed by atoms with van der Waals surface area (Å²) >= 11 is 1.70. The fourth-order valence-electron chi connectivity index (χ4n) is 4.10. The van der Waals surface area contributed by atoms with Crippen LogP contribution in [0.5, 0.6) is 0 Å². The molecule has 1 amide bonds. The molecule has 0 bridgehead atoms. The molecule has 118 valence electrons. The number of carbonyl (C=O) groups is 2. The van der Waals surface area contributed by atoms with E-state index < -0.39 is 5.97 Å². The topological polar surface area (TPSA) is 57.6 Å². The predicted octanol–water partition coefficient (Wildman–Crippen LogP) is 2.81. The van der Waals surface area contributed by atoms with Crippen molar-refractivity contribution in [1.29, 1.82) is 0 Å². The molecular weight excluding hydrogens is 298 g/mol. The Kier molecular flexibility index (Phi) is 3.48. The number of amides is 1. The lowest BCUT2D eigenvalue weighted by atomic mass is 9.92. The number of likely N-dealkylation sites (tertiary alicyclic amines) is 1. The number of hydrogen-bond acceptors (Lipinski definition) is 3. The predicted molar refractivity (Wildman–Crippen MR) is 84.2 cm³/mol. The van der Waals surface area contributed by atoms with Crippen LogP contribution in [-0.2, 0) is 17.6 Å². The van der Waals surface area contributed by atoms with Crippen LogP contribution in [0.15, 0.2) is 5.38 Å². The van der Waals surface area contributed by atoms with E-state index in [2.05, 4.69) is 0 Å². The Morgan fingerprint density at radius 1 is 1.18 bits per heavy atom. The lowest BCUT2D eigenvalue weighted by Crippen LogP contribution is -2.30. The molecule has 3 aliphatic rings. The molecule has 1 saturated heterocycles. The van der Waals surface area contributed by atoms with Gasteiger partial charge in [0.2, 0.25) is 0 Å². The van der Waals surface area contributed by atoms with Gasteiger partial charge in [-0.2, -0.15) is 0 Å². The fraction of sp³-hybridized carbons (Fsp3) is 0.647. The first kappa shape index (κ1) is 14.2. The minimum absolute atomic E-state index is 0.0637. The van der Waals surface area contributed by atoms with Crippen molar-refractivity contribution in [3.8, 4) is 0 Å². The molecule has 1 aromatic heterocycles. The number of nitrogens with zero attached hydrogens (tertiary/aromatic N) is 1. The molecule has 0 radical (unpaired) electrons. The van der Waals surface area contributed by atoms with Gasteiger partial charge in [0.05, 0.1) is 11.5 Å². The van der Waals surface area contributed by atoms with Crippen molar-refractivity contribution >= 4 is 23.2 Å². The highest BCUT2D eigenvalue weighted by atomic mass is 32.1. The molecule has 1 aromatic rings. The standard InChI is InChI=1S/C17H21NO3S/c19-16(14-9-22-15-4-2-1-3-11(14)15)18-7-12(10-5-6-10)13(8-18)17(20)21/h9-10,12-13H,1-8H2,(H,20,21)/t12-,13+/m0/s1. The number of fused-ring (bicyclic) bond motifs is 1. The van der Waals surface area contributed by atoms with E-state index in [-0.39, 0.29) is 17.7 Å². The molecule has 1 saturated carbocycles. The van der Waals surface area contributed by atoms with Gasteiger partial charge in [-0.05, 0) is 55.9 Å². The zero-order chi connectivity index (χ0) is 15.3. The lowest BCUT2D eigenvalue weighted by Gasteiger charge is -2.18. The summed E-state index contributed by atoms with van der Waals surface area (Å²) in [5.74, 6) is -0.356. The number of carboxylic acid groups (broad SMARTS) is 1. The van der Waals surface area contributed by atoms with Crippen LogP contribution in [-0.4, -0.2) is 35.0 Å². The molecular formula is C17H21NO3S. The number of aryl methyl sites for hydroxylation is 1. The van der Waals surface area contributed by atoms with Gasteiger partial charge in [-0.1, -0.05) is 0 Å². The first-order valence-electron chi connectivity index (χ1n) is 8.26. The van der Waals surface area contributed by atoms with Gasteiger partial charge < -0.3 is 10.0 Å². The summed E-state index contributed by atoms with van der Waals surface area (Å²) in [5, 5.41) is 11.4. The highest BCUT2D eigenvalue weighted by Crippen LogP contribution is 2.44. The maximum atomic E-state index is 12.9. The van der Waals surface area contributed by atoms with Crippen LogP contribution in [0.25, 0.3) is 0 Å². The van der Waals surface area contributed by atoms with Crippen molar-refractivity contribution in [2.75, 3.05) is 13.1 Å². The Balaban J connectivity index is 1.56. The summed E-state index contributed by atoms with van der Waals surface area (Å²) in [5.41, 5.74) is 2.09. The van der Waals surface area contributed by atoms with E-state index in [0.717, 1.165) is 37.7 Å². The molecule has 22 heavy (non-hydrogen) atoms. The molecule has 5 heteroatoms. The minimum Gasteiger partial charge on any atom is -0.481 e. The van der Waals surface area contributed by atoms with Crippen molar-refractivity contribution < 1.29 is 14.7 Å². The van der Waals surface area contributed by atoms with Gasteiger partial charge in [-0.3, -0.25) is 9.59 Å². The quantitative estimate of drug-likeness (QED) is 0.932. The van der Waals surface area contributed by atoms with Crippen molar-refractivity contribution in [3.63, 3.8) is 0 Å². The van der Waals surface area contributed by atoms with Gasteiger partial charge in [0.15, 0.2) is 0 Å². The molecule has 4 nitrogen and oxygen atoms in total. The van der Waals surface area contributed by atoms with Crippen LogP contribution < -0.4 is 0 Å². The number of carboxylic acids is 1. The van der Waals surface area contributed by atoms with Gasteiger partial charge in [0, 0.05) is 23.3 Å². The molecule has 1 N–H and O–H groups in total. The number of aliphatic carboxylic acids is 1. The Labute approximate surface area is 134 Å². The lowest BCUT2D eigenvalue weighted by molar-refractivity contribution is -0.142. The average Bonchev–Trinajstić information content (AvgIpc) is 3.12. The van der Waals surface area contributed by atoms with Crippen LogP contribution in [0.2, 0.25) is 0 Å². The summed E-state index contributed by atoms with van der Waals surface area (Å²) in [7, 11) is 0. The number of hydrogen-bond donors (Lipinski definition) is 1. The third kappa shape index (κ3) is 2.35. The molecule has 0 unspecified atom stereocenters. The Bertz CT molecular complexity index is 619. The molecule has 2 heterocycles. The zero-order valence-corrected chi connectivity index (χ0v) is 13.4. The maximum Gasteiger partial charge on any atom is 0.308 e. The van der Waals surface area contributed by atoms with Crippen molar-refractivity contribution in [3.05, 3.63) is 21.4 Å². The summed E-state index contributed by atoms with van der Waals surface area (Å²) < 4.78 is 0. The second-order valence-corrected chi connectivity index (χ2v) is 7.88. The summed E-state index contributed by atoms with van der Waals surface area (Å²) in [4.78, 5) is 27.5. The van der Waals surface area contributed by atoms with Crippen molar-refractivity contribution in [2.24, 2.45) is 17.8 Å². The van der Waals surface area contributed by atoms with Crippen molar-refractivity contribution in [1.82, 2.24) is 4.90 Å². The Morgan fingerprint density at radius 2 is 1.95 bits per heavy atom. The van der Waals surface area contributed by atoms with Gasteiger partial charge in [0.1, 0.15) is 0 Å². The number of thiophene rings is 1. The van der Waals surface area contributed by atoms with Gasteiger partial charge in [0.25, 0.3) is 5.91 Å². The maximum absolute atomic E-state index is 12.9. The van der Waals surface area contributed by atoms with Gasteiger partial charge in [-0.15, -0.1) is 11.3 Å². The van der Waals surface area contributed by atoms with Crippen LogP contribution in [0.1, 0.15) is 46.5 Å². The Hall–Kier alpha value is -1.36. The Morgan fingerprint density at radius 3 is 2.68 bits per heavy atom. The second-order valence-electron chi connectivity index (χ2n) is 6.91. The van der Waals surface area contributed by atoms with E-state index in [4.69, 9.17) is 0 Å². The molecule has 0 spiro atoms. The fourth-order valence-corrected chi connectivity index (χ4v) is 5.22. The van der Waals surface area contributed by atoms with E-state index in [0.29, 0.717) is 19.0 Å². The van der Waals surface area contributed by atoms with Crippen LogP contribution in [0.4, 0.5) is 0 Å². The molecule has 2 fully saturated rings. The molecule has 2 aliphatic carbocycles. The van der Waals surface area contributed by atoms with Crippen LogP contribution >= 0.6 is 11.3 Å². The van der Waals surface area contributed by atoms with E-state index in [1.54, 1.807) is 16.2 Å².